The first-order valence-electron chi connectivity index (χ1n) is 3.33. The Morgan fingerprint density at radius 3 is 2.88 bits per heavy atom. The number of hydrogen-bond donors (Lipinski definition) is 0. The van der Waals surface area contributed by atoms with Crippen molar-refractivity contribution < 1.29 is 0 Å². The van der Waals surface area contributed by atoms with E-state index in [-0.39, 0.29) is 0 Å². The molecule has 1 heteroatoms. The summed E-state index contributed by atoms with van der Waals surface area (Å²) in [4.78, 5) is 0. The molecule has 0 N–H and O–H groups in total. The molecule has 1 rings (SSSR count). The van der Waals surface area contributed by atoms with Gasteiger partial charge in [0.05, 0.1) is 0 Å². The van der Waals surface area contributed by atoms with Gasteiger partial charge in [0.1, 0.15) is 0 Å². The van der Waals surface area contributed by atoms with E-state index < -0.39 is 0 Å². The summed E-state index contributed by atoms with van der Waals surface area (Å²) in [5.74, 6) is 1.78. The van der Waals surface area contributed by atoms with Crippen molar-refractivity contribution in [3.05, 3.63) is 0 Å². The van der Waals surface area contributed by atoms with E-state index in [2.05, 4.69) is 6.92 Å². The highest BCUT2D eigenvalue weighted by atomic mass is 32.1. The van der Waals surface area contributed by atoms with Crippen molar-refractivity contribution in [1.82, 2.24) is 0 Å². The van der Waals surface area contributed by atoms with Crippen molar-refractivity contribution in [3.63, 3.8) is 0 Å². The van der Waals surface area contributed by atoms with Crippen LogP contribution in [0.3, 0.4) is 0 Å². The van der Waals surface area contributed by atoms with E-state index >= 15 is 0 Å². The standard InChI is InChI=1S/C7H12S/c1-2-3-6-4-7(6)5-8/h5-7H,2-4H2,1H3. The molecule has 1 fully saturated rings. The number of rotatable bonds is 3. The van der Waals surface area contributed by atoms with Crippen LogP contribution < -0.4 is 0 Å². The fourth-order valence-corrected chi connectivity index (χ4v) is 1.47. The fourth-order valence-electron chi connectivity index (χ4n) is 1.14. The van der Waals surface area contributed by atoms with E-state index in [1.807, 2.05) is 5.37 Å². The minimum absolute atomic E-state index is 0.810. The van der Waals surface area contributed by atoms with Gasteiger partial charge in [0.2, 0.25) is 0 Å². The van der Waals surface area contributed by atoms with Gasteiger partial charge in [0.15, 0.2) is 0 Å². The molecular formula is C7H12S. The molecule has 0 heterocycles. The van der Waals surface area contributed by atoms with Gasteiger partial charge in [-0.25, -0.2) is 0 Å². The molecule has 0 aromatic carbocycles. The fraction of sp³-hybridized carbons (Fsp3) is 0.857. The van der Waals surface area contributed by atoms with Crippen LogP contribution in [0.2, 0.25) is 0 Å². The Morgan fingerprint density at radius 2 is 2.50 bits per heavy atom. The van der Waals surface area contributed by atoms with Crippen LogP contribution in [-0.2, 0) is 0 Å². The lowest BCUT2D eigenvalue weighted by atomic mass is 10.2. The molecule has 1 aliphatic carbocycles. The predicted molar refractivity (Wildman–Crippen MR) is 40.2 cm³/mol. The van der Waals surface area contributed by atoms with Crippen LogP contribution in [0.5, 0.6) is 0 Å². The Kier molecular flexibility index (Phi) is 2.01. The predicted octanol–water partition coefficient (Wildman–Crippen LogP) is 2.42. The molecule has 1 saturated carbocycles. The highest BCUT2D eigenvalue weighted by molar-refractivity contribution is 7.79. The SMILES string of the molecule is CCCC1CC1C=S. The molecule has 2 unspecified atom stereocenters. The summed E-state index contributed by atoms with van der Waals surface area (Å²) in [6, 6.07) is 0. The van der Waals surface area contributed by atoms with Crippen molar-refractivity contribution in [2.24, 2.45) is 11.8 Å². The Hall–Kier alpha value is 0.0900. The zero-order valence-corrected chi connectivity index (χ0v) is 6.08. The van der Waals surface area contributed by atoms with Gasteiger partial charge in [0, 0.05) is 0 Å². The quantitative estimate of drug-likeness (QED) is 0.526. The maximum absolute atomic E-state index is 4.80. The average Bonchev–Trinajstić information content (AvgIpc) is 2.48. The monoisotopic (exact) mass is 128 g/mol. The van der Waals surface area contributed by atoms with Gasteiger partial charge < -0.3 is 0 Å². The van der Waals surface area contributed by atoms with E-state index in [0.717, 1.165) is 11.8 Å². The first-order valence-corrected chi connectivity index (χ1v) is 3.81. The molecule has 0 saturated heterocycles. The first-order chi connectivity index (χ1) is 3.88. The average molecular weight is 128 g/mol. The number of thiocarbonyl (C=S) groups is 1. The van der Waals surface area contributed by atoms with Crippen molar-refractivity contribution in [2.45, 2.75) is 26.2 Å². The maximum Gasteiger partial charge on any atom is -0.00971 e. The lowest BCUT2D eigenvalue weighted by Gasteiger charge is -1.87. The van der Waals surface area contributed by atoms with Gasteiger partial charge in [-0.05, 0) is 23.6 Å². The van der Waals surface area contributed by atoms with E-state index in [9.17, 15) is 0 Å². The van der Waals surface area contributed by atoms with Crippen molar-refractivity contribution in [3.8, 4) is 0 Å². The number of hydrogen-bond acceptors (Lipinski definition) is 1. The first kappa shape index (κ1) is 6.21. The summed E-state index contributed by atoms with van der Waals surface area (Å²) >= 11 is 4.80. The largest absolute Gasteiger partial charge is 0.0932 e. The second-order valence-corrected chi connectivity index (χ2v) is 2.86. The van der Waals surface area contributed by atoms with Gasteiger partial charge in [-0.3, -0.25) is 0 Å². The lowest BCUT2D eigenvalue weighted by Crippen LogP contribution is -1.79. The molecular weight excluding hydrogens is 116 g/mol. The summed E-state index contributed by atoms with van der Waals surface area (Å²) in [6.07, 6.45) is 4.08. The molecule has 0 nitrogen and oxygen atoms in total. The van der Waals surface area contributed by atoms with Crippen LogP contribution >= 0.6 is 12.2 Å². The van der Waals surface area contributed by atoms with E-state index in [1.54, 1.807) is 0 Å². The smallest absolute Gasteiger partial charge is 0.00971 e. The van der Waals surface area contributed by atoms with Crippen LogP contribution in [-0.4, -0.2) is 5.37 Å². The van der Waals surface area contributed by atoms with E-state index in [4.69, 9.17) is 12.2 Å². The summed E-state index contributed by atoms with van der Waals surface area (Å²) in [5.41, 5.74) is 0. The highest BCUT2D eigenvalue weighted by Crippen LogP contribution is 2.40. The molecule has 0 aromatic heterocycles. The van der Waals surface area contributed by atoms with Gasteiger partial charge in [0.25, 0.3) is 0 Å². The molecule has 0 amide bonds. The molecule has 0 aromatic rings. The zero-order chi connectivity index (χ0) is 5.98. The van der Waals surface area contributed by atoms with Gasteiger partial charge in [-0.1, -0.05) is 32.0 Å². The molecule has 1 aliphatic rings. The lowest BCUT2D eigenvalue weighted by molar-refractivity contribution is 0.691. The van der Waals surface area contributed by atoms with Crippen LogP contribution in [0.1, 0.15) is 26.2 Å². The second kappa shape index (κ2) is 2.58. The third-order valence-corrected chi connectivity index (χ3v) is 2.16. The van der Waals surface area contributed by atoms with Gasteiger partial charge in [-0.15, -0.1) is 0 Å². The summed E-state index contributed by atoms with van der Waals surface area (Å²) in [5, 5.41) is 1.93. The molecule has 0 aliphatic heterocycles. The third-order valence-electron chi connectivity index (χ3n) is 1.81. The van der Waals surface area contributed by atoms with Crippen LogP contribution in [0.15, 0.2) is 0 Å². The Morgan fingerprint density at radius 1 is 1.75 bits per heavy atom. The van der Waals surface area contributed by atoms with Crippen molar-refractivity contribution in [1.29, 1.82) is 0 Å². The highest BCUT2D eigenvalue weighted by Gasteiger charge is 2.33. The third kappa shape index (κ3) is 1.28. The zero-order valence-electron chi connectivity index (χ0n) is 5.26. The normalized spacial score (nSPS) is 34.6. The Labute approximate surface area is 56.3 Å². The van der Waals surface area contributed by atoms with E-state index in [1.165, 1.54) is 19.3 Å². The molecule has 2 atom stereocenters. The summed E-state index contributed by atoms with van der Waals surface area (Å²) < 4.78 is 0. The van der Waals surface area contributed by atoms with Crippen LogP contribution in [0.25, 0.3) is 0 Å². The summed E-state index contributed by atoms with van der Waals surface area (Å²) in [7, 11) is 0. The Bertz CT molecular complexity index is 88.4. The maximum atomic E-state index is 4.80. The summed E-state index contributed by atoms with van der Waals surface area (Å²) in [6.45, 7) is 2.23. The van der Waals surface area contributed by atoms with Gasteiger partial charge >= 0.3 is 0 Å². The minimum Gasteiger partial charge on any atom is -0.0932 e. The molecule has 0 bridgehead atoms. The molecule has 8 heavy (non-hydrogen) atoms. The second-order valence-electron chi connectivity index (χ2n) is 2.58. The minimum atomic E-state index is 0.810. The van der Waals surface area contributed by atoms with Crippen molar-refractivity contribution in [2.75, 3.05) is 0 Å². The molecule has 0 spiro atoms. The van der Waals surface area contributed by atoms with Gasteiger partial charge in [-0.2, -0.15) is 0 Å². The topological polar surface area (TPSA) is 0 Å². The van der Waals surface area contributed by atoms with E-state index in [0.29, 0.717) is 0 Å². The van der Waals surface area contributed by atoms with Crippen LogP contribution in [0, 0.1) is 11.8 Å². The van der Waals surface area contributed by atoms with Crippen molar-refractivity contribution >= 4 is 17.6 Å². The Balaban J connectivity index is 2.07. The van der Waals surface area contributed by atoms with Crippen LogP contribution in [0.4, 0.5) is 0 Å². The molecule has 46 valence electrons. The molecule has 0 radical (unpaired) electrons.